The van der Waals surface area contributed by atoms with Gasteiger partial charge >= 0.3 is 0 Å². The lowest BCUT2D eigenvalue weighted by molar-refractivity contribution is 0.100. The number of nitrogens with zero attached hydrogens (tertiary/aromatic N) is 2. The van der Waals surface area contributed by atoms with Gasteiger partial charge in [0, 0.05) is 30.4 Å². The first-order valence-electron chi connectivity index (χ1n) is 12.5. The zero-order chi connectivity index (χ0) is 22.8. The number of sulfone groups is 1. The van der Waals surface area contributed by atoms with Crippen LogP contribution in [0.15, 0.2) is 30.5 Å². The Morgan fingerprint density at radius 2 is 1.84 bits per heavy atom. The lowest BCUT2D eigenvalue weighted by atomic mass is 10.0. The van der Waals surface area contributed by atoms with Crippen LogP contribution in [-0.4, -0.2) is 55.5 Å². The van der Waals surface area contributed by atoms with Crippen LogP contribution in [-0.2, 0) is 16.3 Å². The van der Waals surface area contributed by atoms with E-state index in [9.17, 15) is 8.42 Å². The molecule has 0 saturated carbocycles. The number of ether oxygens (including phenoxy) is 1. The molecular formula is C26H40N2O3S. The highest BCUT2D eigenvalue weighted by Gasteiger charge is 2.21. The summed E-state index contributed by atoms with van der Waals surface area (Å²) in [6, 6.07) is 8.59. The number of unbranched alkanes of at least 4 members (excludes halogenated alkanes) is 4. The van der Waals surface area contributed by atoms with Crippen molar-refractivity contribution >= 4 is 20.7 Å². The third-order valence-electron chi connectivity index (χ3n) is 6.50. The zero-order valence-electron chi connectivity index (χ0n) is 19.9. The summed E-state index contributed by atoms with van der Waals surface area (Å²) in [6.07, 6.45) is 11.7. The summed E-state index contributed by atoms with van der Waals surface area (Å²) in [4.78, 5) is 7.12. The Morgan fingerprint density at radius 1 is 1.06 bits per heavy atom. The molecule has 2 heterocycles. The van der Waals surface area contributed by atoms with Crippen molar-refractivity contribution in [3.63, 3.8) is 0 Å². The summed E-state index contributed by atoms with van der Waals surface area (Å²) < 4.78 is 29.6. The van der Waals surface area contributed by atoms with Gasteiger partial charge in [0.25, 0.3) is 0 Å². The number of piperidine rings is 1. The van der Waals surface area contributed by atoms with Crippen LogP contribution in [0.25, 0.3) is 10.9 Å². The highest BCUT2D eigenvalue weighted by atomic mass is 32.2. The lowest BCUT2D eigenvalue weighted by Crippen LogP contribution is -2.38. The van der Waals surface area contributed by atoms with Gasteiger partial charge in [-0.3, -0.25) is 4.98 Å². The maximum absolute atomic E-state index is 11.6. The van der Waals surface area contributed by atoms with E-state index in [1.807, 2.05) is 12.3 Å². The quantitative estimate of drug-likeness (QED) is 0.374. The first-order chi connectivity index (χ1) is 15.5. The Bertz CT molecular complexity index is 937. The Balaban J connectivity index is 1.43. The molecule has 0 bridgehead atoms. The number of rotatable bonds is 13. The van der Waals surface area contributed by atoms with E-state index in [2.05, 4.69) is 35.0 Å². The molecule has 178 valence electrons. The van der Waals surface area contributed by atoms with Crippen molar-refractivity contribution in [2.24, 2.45) is 0 Å². The van der Waals surface area contributed by atoms with Gasteiger partial charge in [-0.25, -0.2) is 8.42 Å². The second-order valence-corrected chi connectivity index (χ2v) is 11.6. The van der Waals surface area contributed by atoms with Gasteiger partial charge in [-0.2, -0.15) is 0 Å². The van der Waals surface area contributed by atoms with Crippen molar-refractivity contribution in [1.82, 2.24) is 9.88 Å². The third kappa shape index (κ3) is 7.73. The van der Waals surface area contributed by atoms with Crippen LogP contribution >= 0.6 is 0 Å². The topological polar surface area (TPSA) is 59.5 Å². The van der Waals surface area contributed by atoms with E-state index in [0.717, 1.165) is 75.8 Å². The zero-order valence-corrected chi connectivity index (χ0v) is 20.7. The summed E-state index contributed by atoms with van der Waals surface area (Å²) in [6.45, 7) is 7.19. The van der Waals surface area contributed by atoms with Crippen molar-refractivity contribution in [3.05, 3.63) is 36.0 Å². The molecule has 1 aromatic carbocycles. The molecule has 32 heavy (non-hydrogen) atoms. The normalized spacial score (nSPS) is 15.9. The Morgan fingerprint density at radius 3 is 2.59 bits per heavy atom. The molecule has 1 aliphatic heterocycles. The molecule has 0 unspecified atom stereocenters. The van der Waals surface area contributed by atoms with Crippen molar-refractivity contribution < 1.29 is 13.2 Å². The van der Waals surface area contributed by atoms with Gasteiger partial charge in [0.2, 0.25) is 0 Å². The predicted molar refractivity (Wildman–Crippen MR) is 133 cm³/mol. The first-order valence-corrected chi connectivity index (χ1v) is 14.3. The molecule has 5 nitrogen and oxygen atoms in total. The standard InChI is InChI=1S/C26H40N2O3S/c1-3-5-11-22-20-23-12-10-15-27-26(23)25(21-22)31-24-13-17-28(18-14-24)16-8-6-7-9-19-32(29,30)4-2/h10,12,15,20-21,24H,3-9,11,13-14,16-19H2,1-2H3. The van der Waals surface area contributed by atoms with Crippen LogP contribution in [0.3, 0.4) is 0 Å². The molecule has 0 N–H and O–H groups in total. The van der Waals surface area contributed by atoms with Crippen LogP contribution in [0.1, 0.15) is 70.8 Å². The largest absolute Gasteiger partial charge is 0.488 e. The van der Waals surface area contributed by atoms with Crippen LogP contribution in [0.5, 0.6) is 5.75 Å². The minimum Gasteiger partial charge on any atom is -0.488 e. The second kappa shape index (κ2) is 12.5. The monoisotopic (exact) mass is 460 g/mol. The highest BCUT2D eigenvalue weighted by molar-refractivity contribution is 7.91. The first kappa shape index (κ1) is 25.0. The van der Waals surface area contributed by atoms with Crippen LogP contribution < -0.4 is 4.74 Å². The van der Waals surface area contributed by atoms with Gasteiger partial charge in [0.05, 0.1) is 5.75 Å². The number of aryl methyl sites for hydroxylation is 1. The minimum atomic E-state index is -2.81. The smallest absolute Gasteiger partial charge is 0.150 e. The maximum Gasteiger partial charge on any atom is 0.150 e. The van der Waals surface area contributed by atoms with Gasteiger partial charge in [-0.1, -0.05) is 39.2 Å². The van der Waals surface area contributed by atoms with Gasteiger partial charge in [-0.05, 0) is 68.8 Å². The molecule has 0 atom stereocenters. The molecule has 1 aromatic heterocycles. The number of likely N-dealkylation sites (tertiary alicyclic amines) is 1. The molecule has 6 heteroatoms. The van der Waals surface area contributed by atoms with E-state index in [1.54, 1.807) is 6.92 Å². The molecule has 1 aliphatic rings. The fourth-order valence-electron chi connectivity index (χ4n) is 4.42. The molecule has 0 amide bonds. The number of benzene rings is 1. The fourth-order valence-corrected chi connectivity index (χ4v) is 5.35. The summed E-state index contributed by atoms with van der Waals surface area (Å²) >= 11 is 0. The SMILES string of the molecule is CCCCc1cc(OC2CCN(CCCCCCS(=O)(=O)CC)CC2)c2ncccc2c1. The summed E-state index contributed by atoms with van der Waals surface area (Å²) in [5.74, 6) is 1.55. The third-order valence-corrected chi connectivity index (χ3v) is 8.29. The summed E-state index contributed by atoms with van der Waals surface area (Å²) in [5, 5.41) is 1.17. The maximum atomic E-state index is 11.6. The molecule has 2 aromatic rings. The average Bonchev–Trinajstić information content (AvgIpc) is 2.81. The average molecular weight is 461 g/mol. The number of aromatic nitrogens is 1. The number of pyridine rings is 1. The second-order valence-electron chi connectivity index (χ2n) is 9.08. The Labute approximate surface area is 194 Å². The van der Waals surface area contributed by atoms with Gasteiger partial charge in [0.15, 0.2) is 0 Å². The Kier molecular flexibility index (Phi) is 9.79. The van der Waals surface area contributed by atoms with E-state index >= 15 is 0 Å². The van der Waals surface area contributed by atoms with Crippen LogP contribution in [0.4, 0.5) is 0 Å². The van der Waals surface area contributed by atoms with Gasteiger partial charge in [-0.15, -0.1) is 0 Å². The number of fused-ring (bicyclic) bond motifs is 1. The lowest BCUT2D eigenvalue weighted by Gasteiger charge is -2.32. The predicted octanol–water partition coefficient (Wildman–Crippen LogP) is 5.42. The van der Waals surface area contributed by atoms with E-state index in [1.165, 1.54) is 23.8 Å². The van der Waals surface area contributed by atoms with Crippen molar-refractivity contribution in [1.29, 1.82) is 0 Å². The molecule has 0 aliphatic carbocycles. The van der Waals surface area contributed by atoms with E-state index < -0.39 is 9.84 Å². The molecule has 0 radical (unpaired) electrons. The fraction of sp³-hybridized carbons (Fsp3) is 0.654. The summed E-state index contributed by atoms with van der Waals surface area (Å²) in [5.41, 5.74) is 2.31. The highest BCUT2D eigenvalue weighted by Crippen LogP contribution is 2.29. The molecule has 1 saturated heterocycles. The molecule has 0 spiro atoms. The number of hydrogen-bond donors (Lipinski definition) is 0. The van der Waals surface area contributed by atoms with Gasteiger partial charge < -0.3 is 9.64 Å². The molecule has 3 rings (SSSR count). The number of hydrogen-bond acceptors (Lipinski definition) is 5. The van der Waals surface area contributed by atoms with Crippen molar-refractivity contribution in [2.75, 3.05) is 31.1 Å². The van der Waals surface area contributed by atoms with E-state index in [4.69, 9.17) is 4.74 Å². The van der Waals surface area contributed by atoms with Crippen LogP contribution in [0.2, 0.25) is 0 Å². The molecular weight excluding hydrogens is 420 g/mol. The Hall–Kier alpha value is -1.66. The minimum absolute atomic E-state index is 0.247. The van der Waals surface area contributed by atoms with Crippen molar-refractivity contribution in [2.45, 2.75) is 77.7 Å². The van der Waals surface area contributed by atoms with Crippen LogP contribution in [0, 0.1) is 0 Å². The van der Waals surface area contributed by atoms with E-state index in [0.29, 0.717) is 5.75 Å². The summed E-state index contributed by atoms with van der Waals surface area (Å²) in [7, 11) is -2.81. The van der Waals surface area contributed by atoms with Crippen molar-refractivity contribution in [3.8, 4) is 5.75 Å². The molecule has 1 fully saturated rings. The van der Waals surface area contributed by atoms with Gasteiger partial charge in [0.1, 0.15) is 27.2 Å². The van der Waals surface area contributed by atoms with E-state index in [-0.39, 0.29) is 11.9 Å².